The molecule has 0 spiro atoms. The maximum atomic E-state index is 4.27. The Balaban J connectivity index is 0.741. The maximum absolute atomic E-state index is 4.27. The van der Waals surface area contributed by atoms with Crippen LogP contribution in [0.3, 0.4) is 0 Å². The van der Waals surface area contributed by atoms with Gasteiger partial charge in [-0.3, -0.25) is 0 Å². The van der Waals surface area contributed by atoms with Crippen molar-refractivity contribution in [3.8, 4) is 0 Å². The third-order valence-corrected chi connectivity index (χ3v) is 25.3. The second kappa shape index (κ2) is 18.0. The van der Waals surface area contributed by atoms with Gasteiger partial charge in [0.05, 0.1) is 0 Å². The molecule has 11 aliphatic carbocycles. The van der Waals surface area contributed by atoms with Gasteiger partial charge in [-0.2, -0.15) is 0 Å². The summed E-state index contributed by atoms with van der Waals surface area (Å²) >= 11 is 0. The van der Waals surface area contributed by atoms with Crippen LogP contribution in [0.25, 0.3) is 0 Å². The van der Waals surface area contributed by atoms with Crippen molar-refractivity contribution >= 4 is 0 Å². The first kappa shape index (κ1) is 48.5. The Labute approximate surface area is 447 Å². The normalized spacial score (nSPS) is 44.9. The molecule has 0 amide bonds. The van der Waals surface area contributed by atoms with Crippen LogP contribution in [-0.4, -0.2) is 101 Å². The highest BCUT2D eigenvalue weighted by molar-refractivity contribution is 5.45. The number of fused-ring (bicyclic) bond motifs is 2. The molecule has 11 saturated carbocycles. The molecule has 11 bridgehead atoms. The molecule has 4 N–H and O–H groups in total. The SMILES string of the molecule is CN1CCN(CC23CC4CC(C2)CC(c2ccc(C56CC(CNC7CCNCC7)C7CCC(c8ccc(C9%10CC%11(C)CC(CNC%12CCNCC%12)(CC(c%12ccccc%12)(C%11)C9)C%10)cc8)(CC7C5)C6)cc2)(C4)C3)CC1. The van der Waals surface area contributed by atoms with Crippen LogP contribution in [0, 0.1) is 45.8 Å². The van der Waals surface area contributed by atoms with Crippen molar-refractivity contribution < 1.29 is 0 Å². The first-order valence-corrected chi connectivity index (χ1v) is 31.5. The molecule has 3 aromatic carbocycles. The van der Waals surface area contributed by atoms with Gasteiger partial charge in [-0.05, 0) is 282 Å². The molecule has 3 heterocycles. The summed E-state index contributed by atoms with van der Waals surface area (Å²) in [6.07, 6.45) is 30.5. The van der Waals surface area contributed by atoms with Crippen LogP contribution in [0.4, 0.5) is 0 Å². The summed E-state index contributed by atoms with van der Waals surface area (Å²) in [4.78, 5) is 5.43. The smallest absolute Gasteiger partial charge is 0.0110 e. The van der Waals surface area contributed by atoms with E-state index in [4.69, 9.17) is 0 Å². The summed E-state index contributed by atoms with van der Waals surface area (Å²) in [5.41, 5.74) is 11.2. The largest absolute Gasteiger partial charge is 0.317 e. The first-order valence-electron chi connectivity index (χ1n) is 31.5. The number of benzene rings is 3. The standard InChI is InChI=1S/C68H96N6/c1-61-39-63(47-72-59-19-24-70-25-20-59)43-67(40-61,53-6-4-3-5-7-53)46-68(41-61,44-63)57-14-8-54(9-15-57)64-21-16-60-51(35-64)36-66(45-64,37-52(60)38-71-58-17-22-69-23-18-58)56-12-10-55(11-13-56)65-33-49-30-50(34-65)32-62(31-49,42-65)48-74-28-26-73(2)27-29-74/h3-15,49-52,58-60,69-72H,16-48H2,1-2H3. The topological polar surface area (TPSA) is 54.6 Å². The second-order valence-corrected chi connectivity index (χ2v) is 30.7. The minimum absolute atomic E-state index is 0.241. The van der Waals surface area contributed by atoms with Crippen LogP contribution < -0.4 is 21.3 Å². The maximum Gasteiger partial charge on any atom is 0.0110 e. The third-order valence-electron chi connectivity index (χ3n) is 25.3. The van der Waals surface area contributed by atoms with E-state index in [0.717, 1.165) is 29.6 Å². The van der Waals surface area contributed by atoms with Gasteiger partial charge in [-0.15, -0.1) is 0 Å². The van der Waals surface area contributed by atoms with Crippen molar-refractivity contribution in [2.24, 2.45) is 45.8 Å². The van der Waals surface area contributed by atoms with Gasteiger partial charge in [0.1, 0.15) is 0 Å². The van der Waals surface area contributed by atoms with E-state index in [0.29, 0.717) is 33.7 Å². The van der Waals surface area contributed by atoms with Gasteiger partial charge in [0, 0.05) is 51.4 Å². The fourth-order valence-electron chi connectivity index (χ4n) is 23.9. The van der Waals surface area contributed by atoms with Gasteiger partial charge in [0.25, 0.3) is 0 Å². The summed E-state index contributed by atoms with van der Waals surface area (Å²) in [5.74, 6) is 4.35. The van der Waals surface area contributed by atoms with E-state index in [9.17, 15) is 0 Å². The molecule has 6 nitrogen and oxygen atoms in total. The Bertz CT molecular complexity index is 2490. The first-order chi connectivity index (χ1) is 35.9. The number of likely N-dealkylation sites (N-methyl/N-ethyl adjacent to an activating group) is 1. The third kappa shape index (κ3) is 8.25. The van der Waals surface area contributed by atoms with Crippen LogP contribution in [0.5, 0.6) is 0 Å². The summed E-state index contributed by atoms with van der Waals surface area (Å²) in [6, 6.07) is 35.4. The molecule has 3 aliphatic heterocycles. The Hall–Kier alpha value is -2.58. The number of nitrogens with zero attached hydrogens (tertiary/aromatic N) is 2. The molecule has 0 radical (unpaired) electrons. The minimum Gasteiger partial charge on any atom is -0.317 e. The van der Waals surface area contributed by atoms with Gasteiger partial charge in [0.2, 0.25) is 0 Å². The van der Waals surface area contributed by atoms with Gasteiger partial charge >= 0.3 is 0 Å². The van der Waals surface area contributed by atoms with Crippen LogP contribution in [0.1, 0.15) is 176 Å². The van der Waals surface area contributed by atoms with Crippen molar-refractivity contribution in [2.75, 3.05) is 79.0 Å². The molecular weight excluding hydrogens is 901 g/mol. The van der Waals surface area contributed by atoms with E-state index in [-0.39, 0.29) is 21.7 Å². The number of hydrogen-bond donors (Lipinski definition) is 4. The van der Waals surface area contributed by atoms with Gasteiger partial charge < -0.3 is 31.1 Å². The molecular formula is C68H96N6. The van der Waals surface area contributed by atoms with Gasteiger partial charge in [0.15, 0.2) is 0 Å². The lowest BCUT2D eigenvalue weighted by Crippen LogP contribution is -2.65. The molecule has 74 heavy (non-hydrogen) atoms. The summed E-state index contributed by atoms with van der Waals surface area (Å²) in [5, 5.41) is 15.8. The molecule has 6 heteroatoms. The number of hydrogen-bond acceptors (Lipinski definition) is 6. The average Bonchev–Trinajstić information content (AvgIpc) is 3.40. The molecule has 3 saturated heterocycles. The van der Waals surface area contributed by atoms with E-state index in [1.807, 2.05) is 0 Å². The van der Waals surface area contributed by atoms with Crippen molar-refractivity contribution in [3.05, 3.63) is 107 Å². The van der Waals surface area contributed by atoms with Crippen molar-refractivity contribution in [1.29, 1.82) is 0 Å². The van der Waals surface area contributed by atoms with E-state index in [1.165, 1.54) is 213 Å². The summed E-state index contributed by atoms with van der Waals surface area (Å²) < 4.78 is 0. The molecule has 14 fully saturated rings. The highest BCUT2D eigenvalue weighted by Crippen LogP contribution is 2.75. The van der Waals surface area contributed by atoms with Gasteiger partial charge in [-0.1, -0.05) is 85.8 Å². The monoisotopic (exact) mass is 997 g/mol. The van der Waals surface area contributed by atoms with E-state index in [2.05, 4.69) is 124 Å². The fraction of sp³-hybridized carbons (Fsp3) is 0.735. The van der Waals surface area contributed by atoms with E-state index in [1.54, 1.807) is 27.8 Å². The van der Waals surface area contributed by atoms with Crippen LogP contribution in [0.15, 0.2) is 78.9 Å². The average molecular weight is 998 g/mol. The Morgan fingerprint density at radius 3 is 1.66 bits per heavy atom. The molecule has 3 aromatic rings. The highest BCUT2D eigenvalue weighted by Gasteiger charge is 2.68. The molecule has 14 aliphatic rings. The number of rotatable bonds is 13. The predicted octanol–water partition coefficient (Wildman–Crippen LogP) is 11.4. The van der Waals surface area contributed by atoms with Crippen molar-refractivity contribution in [1.82, 2.24) is 31.1 Å². The Morgan fingerprint density at radius 2 is 1.03 bits per heavy atom. The zero-order valence-corrected chi connectivity index (χ0v) is 46.3. The minimum atomic E-state index is 0.241. The number of piperidine rings is 2. The summed E-state index contributed by atoms with van der Waals surface area (Å²) in [7, 11) is 2.32. The Morgan fingerprint density at radius 1 is 0.500 bits per heavy atom. The van der Waals surface area contributed by atoms with Crippen molar-refractivity contribution in [3.63, 3.8) is 0 Å². The number of nitrogens with one attached hydrogen (secondary N) is 4. The summed E-state index contributed by atoms with van der Waals surface area (Å²) in [6.45, 7) is 16.2. The van der Waals surface area contributed by atoms with Crippen molar-refractivity contribution in [2.45, 2.75) is 187 Å². The fourth-order valence-corrected chi connectivity index (χ4v) is 23.9. The van der Waals surface area contributed by atoms with Gasteiger partial charge in [-0.25, -0.2) is 0 Å². The van der Waals surface area contributed by atoms with Crippen LogP contribution >= 0.6 is 0 Å². The molecule has 11 unspecified atom stereocenters. The predicted molar refractivity (Wildman–Crippen MR) is 303 cm³/mol. The van der Waals surface area contributed by atoms with Crippen LogP contribution in [-0.2, 0) is 27.1 Å². The highest BCUT2D eigenvalue weighted by atomic mass is 15.2. The Kier molecular flexibility index (Phi) is 11.8. The van der Waals surface area contributed by atoms with E-state index >= 15 is 0 Å². The molecule has 11 atom stereocenters. The lowest BCUT2D eigenvalue weighted by Gasteiger charge is -2.71. The molecule has 17 rings (SSSR count). The number of piperazine rings is 1. The van der Waals surface area contributed by atoms with Crippen LogP contribution in [0.2, 0.25) is 0 Å². The lowest BCUT2D eigenvalue weighted by molar-refractivity contribution is -0.134. The lowest BCUT2D eigenvalue weighted by atomic mass is 9.34. The second-order valence-electron chi connectivity index (χ2n) is 30.7. The zero-order valence-electron chi connectivity index (χ0n) is 46.3. The quantitative estimate of drug-likeness (QED) is 0.137. The molecule has 398 valence electrons. The zero-order chi connectivity index (χ0) is 49.4. The molecule has 0 aromatic heterocycles. The van der Waals surface area contributed by atoms with E-state index < -0.39 is 0 Å².